The van der Waals surface area contributed by atoms with Crippen LogP contribution in [0.5, 0.6) is 23.1 Å². The van der Waals surface area contributed by atoms with E-state index in [9.17, 15) is 9.18 Å². The molecule has 33 heavy (non-hydrogen) atoms. The number of hydrogen-bond donors (Lipinski definition) is 2. The van der Waals surface area contributed by atoms with Crippen molar-refractivity contribution in [2.75, 3.05) is 19.5 Å². The quantitative estimate of drug-likeness (QED) is 0.418. The number of methoxy groups -OCH3 is 2. The molecule has 0 aliphatic rings. The lowest BCUT2D eigenvalue weighted by Gasteiger charge is -2.10. The predicted molar refractivity (Wildman–Crippen MR) is 116 cm³/mol. The first-order valence-corrected chi connectivity index (χ1v) is 9.77. The van der Waals surface area contributed by atoms with Gasteiger partial charge in [-0.2, -0.15) is 5.10 Å². The highest BCUT2D eigenvalue weighted by Gasteiger charge is 2.14. The van der Waals surface area contributed by atoms with Crippen LogP contribution in [0, 0.1) is 5.82 Å². The molecule has 0 fully saturated rings. The standard InChI is InChI=1S/C22H20FN5O5/c1-31-19-6-16-18(7-20(19)32-2)24-12-25-22(16)33-15-8-26-28(9-15)10-21(30)27-14-3-4-17(23)13(5-14)11-29/h3-9,12,29H,10-11H2,1-2H3,(H,27,30). The number of nitrogens with zero attached hydrogens (tertiary/aromatic N) is 4. The molecule has 2 N–H and O–H groups in total. The highest BCUT2D eigenvalue weighted by Crippen LogP contribution is 2.35. The van der Waals surface area contributed by atoms with E-state index in [0.717, 1.165) is 0 Å². The van der Waals surface area contributed by atoms with Crippen LogP contribution in [0.1, 0.15) is 5.56 Å². The first-order valence-electron chi connectivity index (χ1n) is 9.77. The number of ether oxygens (including phenoxy) is 3. The molecule has 11 heteroatoms. The van der Waals surface area contributed by atoms with Gasteiger partial charge in [0.15, 0.2) is 17.2 Å². The summed E-state index contributed by atoms with van der Waals surface area (Å²) >= 11 is 0. The number of aliphatic hydroxyl groups excluding tert-OH is 1. The van der Waals surface area contributed by atoms with Crippen molar-refractivity contribution in [1.82, 2.24) is 19.7 Å². The molecule has 2 heterocycles. The van der Waals surface area contributed by atoms with Crippen LogP contribution in [0.25, 0.3) is 10.9 Å². The fourth-order valence-corrected chi connectivity index (χ4v) is 3.16. The van der Waals surface area contributed by atoms with Crippen LogP contribution in [0.2, 0.25) is 0 Å². The van der Waals surface area contributed by atoms with E-state index in [0.29, 0.717) is 33.8 Å². The van der Waals surface area contributed by atoms with Crippen LogP contribution in [0.15, 0.2) is 49.1 Å². The summed E-state index contributed by atoms with van der Waals surface area (Å²) in [4.78, 5) is 20.7. The van der Waals surface area contributed by atoms with E-state index in [1.54, 1.807) is 12.1 Å². The molecule has 0 atom stereocenters. The molecule has 0 aliphatic heterocycles. The Hall–Kier alpha value is -4.25. The van der Waals surface area contributed by atoms with Gasteiger partial charge in [-0.05, 0) is 24.3 Å². The number of hydrogen-bond acceptors (Lipinski definition) is 8. The molecule has 4 rings (SSSR count). The average Bonchev–Trinajstić information content (AvgIpc) is 3.26. The molecular formula is C22H20FN5O5. The van der Waals surface area contributed by atoms with Crippen LogP contribution in [-0.4, -0.2) is 45.0 Å². The highest BCUT2D eigenvalue weighted by molar-refractivity contribution is 5.90. The number of carbonyl (C=O) groups is 1. The molecule has 0 unspecified atom stereocenters. The van der Waals surface area contributed by atoms with Gasteiger partial charge in [0.05, 0.1) is 44.1 Å². The fraction of sp³-hybridized carbons (Fsp3) is 0.182. The minimum Gasteiger partial charge on any atom is -0.493 e. The topological polar surface area (TPSA) is 121 Å². The Labute approximate surface area is 187 Å². The summed E-state index contributed by atoms with van der Waals surface area (Å²) in [5.74, 6) is 0.750. The number of fused-ring (bicyclic) bond motifs is 1. The Morgan fingerprint density at radius 1 is 1.15 bits per heavy atom. The van der Waals surface area contributed by atoms with E-state index >= 15 is 0 Å². The van der Waals surface area contributed by atoms with E-state index in [2.05, 4.69) is 20.4 Å². The molecule has 0 radical (unpaired) electrons. The van der Waals surface area contributed by atoms with E-state index in [-0.39, 0.29) is 23.9 Å². The Kier molecular flexibility index (Phi) is 6.31. The molecule has 2 aromatic carbocycles. The molecule has 170 valence electrons. The summed E-state index contributed by atoms with van der Waals surface area (Å²) in [5, 5.41) is 16.5. The Morgan fingerprint density at radius 3 is 2.70 bits per heavy atom. The number of benzene rings is 2. The van der Waals surface area contributed by atoms with Gasteiger partial charge in [0.2, 0.25) is 11.8 Å². The number of carbonyl (C=O) groups excluding carboxylic acids is 1. The fourth-order valence-electron chi connectivity index (χ4n) is 3.16. The van der Waals surface area contributed by atoms with Crippen LogP contribution in [0.3, 0.4) is 0 Å². The summed E-state index contributed by atoms with van der Waals surface area (Å²) in [6.07, 6.45) is 4.35. The van der Waals surface area contributed by atoms with Crippen molar-refractivity contribution in [3.8, 4) is 23.1 Å². The van der Waals surface area contributed by atoms with Crippen molar-refractivity contribution in [2.24, 2.45) is 0 Å². The van der Waals surface area contributed by atoms with Gasteiger partial charge in [0, 0.05) is 17.3 Å². The first kappa shape index (κ1) is 22.0. The number of aromatic nitrogens is 4. The van der Waals surface area contributed by atoms with Crippen LogP contribution in [0.4, 0.5) is 10.1 Å². The molecule has 2 aromatic heterocycles. The van der Waals surface area contributed by atoms with E-state index < -0.39 is 12.4 Å². The number of amides is 1. The minimum absolute atomic E-state index is 0.0916. The van der Waals surface area contributed by atoms with Crippen LogP contribution in [-0.2, 0) is 17.9 Å². The van der Waals surface area contributed by atoms with E-state index in [1.807, 2.05) is 0 Å². The zero-order chi connectivity index (χ0) is 23.4. The Balaban J connectivity index is 1.48. The highest BCUT2D eigenvalue weighted by atomic mass is 19.1. The van der Waals surface area contributed by atoms with Gasteiger partial charge < -0.3 is 24.6 Å². The molecule has 10 nitrogen and oxygen atoms in total. The second-order valence-electron chi connectivity index (χ2n) is 6.89. The number of aliphatic hydroxyl groups is 1. The molecule has 1 amide bonds. The molecule has 0 bridgehead atoms. The van der Waals surface area contributed by atoms with Gasteiger partial charge in [-0.15, -0.1) is 0 Å². The lowest BCUT2D eigenvalue weighted by molar-refractivity contribution is -0.116. The molecule has 0 saturated carbocycles. The Morgan fingerprint density at radius 2 is 1.94 bits per heavy atom. The monoisotopic (exact) mass is 453 g/mol. The largest absolute Gasteiger partial charge is 0.493 e. The Bertz CT molecular complexity index is 1310. The average molecular weight is 453 g/mol. The third-order valence-corrected chi connectivity index (χ3v) is 4.73. The summed E-state index contributed by atoms with van der Waals surface area (Å²) in [5.41, 5.74) is 1.06. The third-order valence-electron chi connectivity index (χ3n) is 4.73. The maximum Gasteiger partial charge on any atom is 0.246 e. The maximum atomic E-state index is 13.5. The lowest BCUT2D eigenvalue weighted by atomic mass is 10.2. The van der Waals surface area contributed by atoms with E-state index in [4.69, 9.17) is 19.3 Å². The zero-order valence-corrected chi connectivity index (χ0v) is 17.8. The lowest BCUT2D eigenvalue weighted by Crippen LogP contribution is -2.19. The van der Waals surface area contributed by atoms with Gasteiger partial charge in [0.1, 0.15) is 18.7 Å². The van der Waals surface area contributed by atoms with Crippen molar-refractivity contribution in [3.63, 3.8) is 0 Å². The number of rotatable bonds is 8. The molecule has 0 aliphatic carbocycles. The SMILES string of the molecule is COc1cc2ncnc(Oc3cnn(CC(=O)Nc4ccc(F)c(CO)c4)c3)c2cc1OC. The van der Waals surface area contributed by atoms with Crippen LogP contribution >= 0.6 is 0 Å². The van der Waals surface area contributed by atoms with Gasteiger partial charge in [-0.3, -0.25) is 9.48 Å². The zero-order valence-electron chi connectivity index (χ0n) is 17.8. The third kappa shape index (κ3) is 4.83. The van der Waals surface area contributed by atoms with Crippen molar-refractivity contribution in [3.05, 3.63) is 60.4 Å². The van der Waals surface area contributed by atoms with Gasteiger partial charge >= 0.3 is 0 Å². The molecule has 0 spiro atoms. The van der Waals surface area contributed by atoms with E-state index in [1.165, 1.54) is 55.8 Å². The van der Waals surface area contributed by atoms with Gasteiger partial charge in [0.25, 0.3) is 0 Å². The summed E-state index contributed by atoms with van der Waals surface area (Å²) in [7, 11) is 3.06. The summed E-state index contributed by atoms with van der Waals surface area (Å²) < 4.78 is 31.4. The normalized spacial score (nSPS) is 10.8. The number of anilines is 1. The molecule has 4 aromatic rings. The molecular weight excluding hydrogens is 433 g/mol. The van der Waals surface area contributed by atoms with Crippen molar-refractivity contribution >= 4 is 22.5 Å². The first-order chi connectivity index (χ1) is 16.0. The summed E-state index contributed by atoms with van der Waals surface area (Å²) in [6, 6.07) is 7.39. The number of nitrogens with one attached hydrogen (secondary N) is 1. The van der Waals surface area contributed by atoms with Gasteiger partial charge in [-0.1, -0.05) is 0 Å². The van der Waals surface area contributed by atoms with Crippen molar-refractivity contribution in [2.45, 2.75) is 13.2 Å². The van der Waals surface area contributed by atoms with Crippen molar-refractivity contribution in [1.29, 1.82) is 0 Å². The minimum atomic E-state index is -0.544. The van der Waals surface area contributed by atoms with Gasteiger partial charge in [-0.25, -0.2) is 14.4 Å². The second kappa shape index (κ2) is 9.49. The smallest absolute Gasteiger partial charge is 0.246 e. The number of halogens is 1. The van der Waals surface area contributed by atoms with Crippen molar-refractivity contribution < 1.29 is 28.5 Å². The van der Waals surface area contributed by atoms with Crippen LogP contribution < -0.4 is 19.5 Å². The second-order valence-corrected chi connectivity index (χ2v) is 6.89. The predicted octanol–water partition coefficient (Wildman–Crippen LogP) is 2.91. The maximum absolute atomic E-state index is 13.5. The molecule has 0 saturated heterocycles. The summed E-state index contributed by atoms with van der Waals surface area (Å²) in [6.45, 7) is -0.573.